The number of hydrogen-bond acceptors (Lipinski definition) is 14. The standard InChI is InChI=1S/C26H36O3.C20H32O2.C17H18O2.C16H26O2.C13H18O2.3C10H14O/c1-4-20(2)22-10-16-26(17-11-22)29-21(3)27-18-19-28-25-14-12-24(13-15-25)23-8-6-5-7-9-23;1-4-16(2)19-10-12-20(13-11-19)22-17(3)21-15-14-18-8-6-5-7-9-18;1-3-13(2)14-9-11-16(12-10-14)19-17(18)15-7-5-4-6-8-15;1-4-10(2)15(17)18-16(3)13-6-11-5-12(8-13)9-14(16)7-11;1-4-10(2)13(14)15-11(3)12-8-6-5-7-9-12;3*1-3-8(2)9-4-6-10(11)7-5-9/h10-17,20-21,23H,4-9,18-19H2,1-3H3;10-13,16-18H,4-9,14-15H2,1-3H3;4-13H,3H2,1-2H3;10-14H,4-9H2,1-3H3;5-11H,4H2,1-3H3;3*4-8,11H,3H2,1-2H3. The summed E-state index contributed by atoms with van der Waals surface area (Å²) in [5.41, 5.74) is 10.8. The van der Waals surface area contributed by atoms with Crippen molar-refractivity contribution in [1.82, 2.24) is 0 Å². The summed E-state index contributed by atoms with van der Waals surface area (Å²) < 4.78 is 45.8. The molecule has 6 fully saturated rings. The Morgan fingerprint density at radius 1 is 0.346 bits per heavy atom. The number of esters is 3. The maximum absolute atomic E-state index is 12.1. The highest BCUT2D eigenvalue weighted by atomic mass is 16.7. The zero-order valence-corrected chi connectivity index (χ0v) is 86.7. The first kappa shape index (κ1) is 113. The average Bonchev–Trinajstić information content (AvgIpc) is 0.731. The second kappa shape index (κ2) is 61.4. The molecule has 4 bridgehead atoms. The minimum Gasteiger partial charge on any atom is -0.508 e. The lowest BCUT2D eigenvalue weighted by molar-refractivity contribution is -0.206. The van der Waals surface area contributed by atoms with Crippen molar-refractivity contribution in [3.8, 4) is 40.2 Å². The van der Waals surface area contributed by atoms with Gasteiger partial charge in [0.15, 0.2) is 12.6 Å². The van der Waals surface area contributed by atoms with E-state index in [0.717, 1.165) is 98.0 Å². The van der Waals surface area contributed by atoms with Crippen LogP contribution in [-0.4, -0.2) is 71.2 Å². The van der Waals surface area contributed by atoms with Gasteiger partial charge in [0.25, 0.3) is 0 Å². The third-order valence-corrected chi connectivity index (χ3v) is 29.2. The van der Waals surface area contributed by atoms with Crippen LogP contribution in [0, 0.1) is 41.4 Å². The van der Waals surface area contributed by atoms with E-state index in [2.05, 4.69) is 158 Å². The largest absolute Gasteiger partial charge is 0.508 e. The molecule has 744 valence electrons. The lowest BCUT2D eigenvalue weighted by Gasteiger charge is -2.59. The van der Waals surface area contributed by atoms with Gasteiger partial charge < -0.3 is 53.2 Å². The molecule has 15 rings (SSSR count). The fourth-order valence-electron chi connectivity index (χ4n) is 18.2. The molecule has 0 heterocycles. The Morgan fingerprint density at radius 3 is 1.06 bits per heavy atom. The number of rotatable bonds is 35. The Hall–Kier alpha value is -9.89. The first-order valence-corrected chi connectivity index (χ1v) is 52.1. The van der Waals surface area contributed by atoms with Crippen molar-refractivity contribution in [3.05, 3.63) is 281 Å². The van der Waals surface area contributed by atoms with Gasteiger partial charge in [-0.3, -0.25) is 9.59 Å². The lowest BCUT2D eigenvalue weighted by atomic mass is 9.50. The van der Waals surface area contributed by atoms with Crippen LogP contribution in [0.3, 0.4) is 0 Å². The van der Waals surface area contributed by atoms with Crippen LogP contribution in [-0.2, 0) is 28.5 Å². The van der Waals surface area contributed by atoms with Crippen molar-refractivity contribution >= 4 is 17.9 Å². The van der Waals surface area contributed by atoms with Gasteiger partial charge in [0.1, 0.15) is 58.6 Å². The van der Waals surface area contributed by atoms with Crippen LogP contribution >= 0.6 is 0 Å². The summed E-state index contributed by atoms with van der Waals surface area (Å²) in [7, 11) is 0. The second-order valence-corrected chi connectivity index (χ2v) is 39.3. The Kier molecular flexibility index (Phi) is 51.1. The number of ether oxygens (including phenoxy) is 8. The monoisotopic (exact) mass is 1860 g/mol. The highest BCUT2D eigenvalue weighted by Crippen LogP contribution is 2.60. The van der Waals surface area contributed by atoms with E-state index in [-0.39, 0.29) is 54.0 Å². The number of benzene rings is 9. The third-order valence-electron chi connectivity index (χ3n) is 29.2. The normalized spacial score (nSPS) is 19.3. The number of carbonyl (C=O) groups excluding carboxylic acids is 3. The van der Waals surface area contributed by atoms with E-state index in [0.29, 0.717) is 89.1 Å². The Balaban J connectivity index is 0.000000217. The van der Waals surface area contributed by atoms with Gasteiger partial charge in [-0.15, -0.1) is 0 Å². The van der Waals surface area contributed by atoms with Crippen LogP contribution in [0.1, 0.15) is 395 Å². The summed E-state index contributed by atoms with van der Waals surface area (Å²) in [5, 5.41) is 27.0. The van der Waals surface area contributed by atoms with Gasteiger partial charge in [-0.05, 0) is 343 Å². The summed E-state index contributed by atoms with van der Waals surface area (Å²) in [6.07, 6.45) is 29.5. The van der Waals surface area contributed by atoms with Crippen molar-refractivity contribution in [2.24, 2.45) is 41.4 Å². The molecule has 9 aromatic carbocycles. The molecule has 0 aromatic heterocycles. The Bertz CT molecular complexity index is 4530. The molecule has 14 nitrogen and oxygen atoms in total. The van der Waals surface area contributed by atoms with E-state index < -0.39 is 0 Å². The summed E-state index contributed by atoms with van der Waals surface area (Å²) >= 11 is 0. The van der Waals surface area contributed by atoms with Crippen molar-refractivity contribution < 1.29 is 67.6 Å². The van der Waals surface area contributed by atoms with E-state index in [4.69, 9.17) is 53.2 Å². The highest BCUT2D eigenvalue weighted by molar-refractivity contribution is 5.91. The predicted molar refractivity (Wildman–Crippen MR) is 560 cm³/mol. The Labute approximate surface area is 820 Å². The molecule has 6 aliphatic carbocycles. The smallest absolute Gasteiger partial charge is 0.343 e. The number of phenolic OH excluding ortho intramolecular Hbond substituents is 3. The van der Waals surface area contributed by atoms with Crippen molar-refractivity contribution in [3.63, 3.8) is 0 Å². The fourth-order valence-corrected chi connectivity index (χ4v) is 18.2. The third kappa shape index (κ3) is 39.5. The van der Waals surface area contributed by atoms with Gasteiger partial charge in [-0.1, -0.05) is 296 Å². The molecule has 11 atom stereocenters. The van der Waals surface area contributed by atoms with Crippen molar-refractivity contribution in [2.75, 3.05) is 19.8 Å². The molecule has 0 aliphatic heterocycles. The molecule has 11 unspecified atom stereocenters. The van der Waals surface area contributed by atoms with Crippen LogP contribution < -0.4 is 18.9 Å². The average molecular weight is 1860 g/mol. The zero-order valence-electron chi connectivity index (χ0n) is 86.7. The van der Waals surface area contributed by atoms with Gasteiger partial charge in [0.05, 0.1) is 30.6 Å². The first-order valence-electron chi connectivity index (χ1n) is 52.1. The Morgan fingerprint density at radius 2 is 0.684 bits per heavy atom. The highest BCUT2D eigenvalue weighted by Gasteiger charge is 2.57. The molecule has 0 spiro atoms. The van der Waals surface area contributed by atoms with Gasteiger partial charge in [0.2, 0.25) is 0 Å². The topological polar surface area (TPSA) is 186 Å². The maximum Gasteiger partial charge on any atom is 0.343 e. The van der Waals surface area contributed by atoms with Crippen molar-refractivity contribution in [1.29, 1.82) is 0 Å². The SMILES string of the molecule is CCC(C)C(=O)OC(C)c1ccccc1.CCC(C)C(=O)OC1(C)C2CC3CC(C2)CC1C3.CCC(C)c1ccc(O)cc1.CCC(C)c1ccc(O)cc1.CCC(C)c1ccc(O)cc1.CCC(C)c1ccc(OC(=O)c2ccccc2)cc1.CCC(C)c1ccc(OC(C)OCCC2CCCCC2)cc1.CCC(C)c1ccc(OC(C)OCCOc2ccc(C3CCCCC3)cc2)cc1. The van der Waals surface area contributed by atoms with Crippen LogP contribution in [0.5, 0.6) is 40.2 Å². The fraction of sp³-hybridized carbons (Fsp3) is 0.533. The molecule has 9 aromatic rings. The van der Waals surface area contributed by atoms with E-state index >= 15 is 0 Å². The quantitative estimate of drug-likeness (QED) is 0.0147. The predicted octanol–water partition coefficient (Wildman–Crippen LogP) is 33.2. The first-order chi connectivity index (χ1) is 65.4. The maximum atomic E-state index is 12.1. The van der Waals surface area contributed by atoms with Crippen LogP contribution in [0.4, 0.5) is 0 Å². The van der Waals surface area contributed by atoms with Gasteiger partial charge in [0, 0.05) is 0 Å². The molecule has 0 saturated heterocycles. The molecular weight excluding hydrogens is 1690 g/mol. The van der Waals surface area contributed by atoms with Crippen LogP contribution in [0.2, 0.25) is 0 Å². The molecule has 0 amide bonds. The molecule has 136 heavy (non-hydrogen) atoms. The minimum absolute atomic E-state index is 0.0174. The zero-order chi connectivity index (χ0) is 98.9. The molecule has 6 saturated carbocycles. The molecule has 3 N–H and O–H groups in total. The minimum atomic E-state index is -0.322. The molecule has 14 heteroatoms. The summed E-state index contributed by atoms with van der Waals surface area (Å²) in [4.78, 5) is 35.6. The summed E-state index contributed by atoms with van der Waals surface area (Å²) in [5.74, 6) is 12.1. The van der Waals surface area contributed by atoms with Gasteiger partial charge in [-0.25, -0.2) is 4.79 Å². The van der Waals surface area contributed by atoms with Gasteiger partial charge in [-0.2, -0.15) is 0 Å². The number of aromatic hydroxyl groups is 3. The number of phenols is 3. The second-order valence-electron chi connectivity index (χ2n) is 39.3. The van der Waals surface area contributed by atoms with E-state index in [1.807, 2.05) is 163 Å². The molecular formula is C122H172O14. The van der Waals surface area contributed by atoms with Crippen LogP contribution in [0.15, 0.2) is 231 Å². The van der Waals surface area contributed by atoms with E-state index in [9.17, 15) is 14.4 Å². The molecule has 6 aliphatic rings. The number of hydrogen-bond donors (Lipinski definition) is 3. The number of carbonyl (C=O) groups is 3. The van der Waals surface area contributed by atoms with Gasteiger partial charge >= 0.3 is 17.9 Å². The lowest BCUT2D eigenvalue weighted by Crippen LogP contribution is -2.58. The summed E-state index contributed by atoms with van der Waals surface area (Å²) in [6.45, 7) is 44.1. The van der Waals surface area contributed by atoms with E-state index in [1.165, 1.54) is 148 Å². The van der Waals surface area contributed by atoms with Crippen LogP contribution in [0.25, 0.3) is 0 Å². The molecule has 0 radical (unpaired) electrons. The van der Waals surface area contributed by atoms with E-state index in [1.54, 1.807) is 48.5 Å². The summed E-state index contributed by atoms with van der Waals surface area (Å²) in [6, 6.07) is 74.2. The van der Waals surface area contributed by atoms with Crippen molar-refractivity contribution in [2.45, 2.75) is 358 Å².